The highest BCUT2D eigenvalue weighted by Crippen LogP contribution is 2.56. The molecule has 1 aliphatic heterocycles. The molecule has 0 saturated heterocycles. The predicted molar refractivity (Wildman–Crippen MR) is 283 cm³/mol. The van der Waals surface area contributed by atoms with Crippen LogP contribution in [0.25, 0.3) is 54.6 Å². The maximum absolute atomic E-state index is 7.11. The summed E-state index contributed by atoms with van der Waals surface area (Å²) in [7, 11) is 0. The summed E-state index contributed by atoms with van der Waals surface area (Å²) in [5, 5.41) is 7.44. The summed E-state index contributed by atoms with van der Waals surface area (Å²) >= 11 is 0. The third-order valence-electron chi connectivity index (χ3n) is 14.9. The molecule has 0 atom stereocenters. The lowest BCUT2D eigenvalue weighted by atomic mass is 9.33. The number of anilines is 3. The second kappa shape index (κ2) is 14.8. The highest BCUT2D eigenvalue weighted by molar-refractivity contribution is 6.98. The maximum Gasteiger partial charge on any atom is 0.243 e. The number of rotatable bonds is 6. The minimum Gasteiger partial charge on any atom is -0.456 e. The van der Waals surface area contributed by atoms with Gasteiger partial charge >= 0.3 is 0 Å². The zero-order chi connectivity index (χ0) is 45.2. The molecule has 1 heterocycles. The van der Waals surface area contributed by atoms with Crippen molar-refractivity contribution >= 4 is 72.5 Å². The molecule has 0 aromatic heterocycles. The molecule has 0 radical (unpaired) electrons. The van der Waals surface area contributed by atoms with E-state index in [1.54, 1.807) is 0 Å². The van der Waals surface area contributed by atoms with Crippen LogP contribution in [0.5, 0.6) is 11.5 Å². The fraction of sp³-hybridized carbons (Fsp3) is 0.143. The summed E-state index contributed by atoms with van der Waals surface area (Å²) in [5.74, 6) is 1.75. The maximum atomic E-state index is 7.11. The molecular formula is C63H52BNO. The van der Waals surface area contributed by atoms with Crippen LogP contribution in [0.15, 0.2) is 170 Å². The fourth-order valence-corrected chi connectivity index (χ4v) is 12.4. The van der Waals surface area contributed by atoms with E-state index in [2.05, 4.69) is 230 Å². The molecule has 3 heteroatoms. The van der Waals surface area contributed by atoms with E-state index in [0.29, 0.717) is 0 Å². The van der Waals surface area contributed by atoms with Crippen molar-refractivity contribution in [1.29, 1.82) is 0 Å². The first-order valence-electron chi connectivity index (χ1n) is 23.5. The first-order valence-corrected chi connectivity index (χ1v) is 23.5. The lowest BCUT2D eigenvalue weighted by Crippen LogP contribution is -2.56. The Morgan fingerprint density at radius 1 is 0.424 bits per heavy atom. The lowest BCUT2D eigenvalue weighted by Gasteiger charge is -2.33. The molecule has 0 bridgehead atoms. The highest BCUT2D eigenvalue weighted by Gasteiger charge is 2.39. The Morgan fingerprint density at radius 3 is 1.73 bits per heavy atom. The normalized spacial score (nSPS) is 13.1. The first kappa shape index (κ1) is 40.2. The summed E-state index contributed by atoms with van der Waals surface area (Å²) in [4.78, 5) is 2.42. The minimum atomic E-state index is -0.186. The van der Waals surface area contributed by atoms with E-state index in [0.717, 1.165) is 33.8 Å². The topological polar surface area (TPSA) is 12.5 Å². The van der Waals surface area contributed by atoms with Crippen molar-refractivity contribution < 1.29 is 4.74 Å². The fourth-order valence-electron chi connectivity index (χ4n) is 12.4. The summed E-state index contributed by atoms with van der Waals surface area (Å²) in [6.45, 7) is 18.4. The van der Waals surface area contributed by atoms with Crippen LogP contribution in [-0.2, 0) is 5.41 Å². The van der Waals surface area contributed by atoms with Crippen LogP contribution in [0.4, 0.5) is 17.1 Å². The van der Waals surface area contributed by atoms with E-state index >= 15 is 0 Å². The summed E-state index contributed by atoms with van der Waals surface area (Å²) < 4.78 is 7.11. The molecule has 10 aromatic rings. The standard InChI is InChI=1S/C63H52BNO/c1-37-30-39(3)61(40(4)31-37)64(62-41(5)32-38(2)33-42(62)6)55-36-52-49-23-17-27-57-59(49)53(35-51(52)45-20-12-13-22-47(45)55)48-29-28-44(34-58(48)66-57)65(43-18-10-9-11-19-43)56-26-16-24-50-46-21-14-15-25-54(46)63(7,8)60(50)56/h9-36H,1-8H3. The van der Waals surface area contributed by atoms with E-state index in [-0.39, 0.29) is 12.1 Å². The van der Waals surface area contributed by atoms with Crippen molar-refractivity contribution in [3.8, 4) is 33.8 Å². The van der Waals surface area contributed by atoms with Crippen LogP contribution in [-0.4, -0.2) is 6.71 Å². The van der Waals surface area contributed by atoms with Gasteiger partial charge in [-0.3, -0.25) is 0 Å². The van der Waals surface area contributed by atoms with Crippen LogP contribution in [0, 0.1) is 41.5 Å². The van der Waals surface area contributed by atoms with E-state index in [9.17, 15) is 0 Å². The molecule has 2 aliphatic rings. The quantitative estimate of drug-likeness (QED) is 0.122. The van der Waals surface area contributed by atoms with E-state index in [1.165, 1.54) is 110 Å². The van der Waals surface area contributed by atoms with Gasteiger partial charge in [-0.25, -0.2) is 0 Å². The lowest BCUT2D eigenvalue weighted by molar-refractivity contribution is 0.487. The van der Waals surface area contributed by atoms with Gasteiger partial charge in [0.2, 0.25) is 6.71 Å². The van der Waals surface area contributed by atoms with Crippen molar-refractivity contribution in [1.82, 2.24) is 0 Å². The number of aryl methyl sites for hydroxylation is 6. The number of para-hydroxylation sites is 1. The van der Waals surface area contributed by atoms with Gasteiger partial charge in [0.15, 0.2) is 0 Å². The largest absolute Gasteiger partial charge is 0.456 e. The van der Waals surface area contributed by atoms with E-state index in [1.807, 2.05) is 0 Å². The molecule has 0 unspecified atom stereocenters. The Balaban J connectivity index is 1.08. The third-order valence-corrected chi connectivity index (χ3v) is 14.9. The van der Waals surface area contributed by atoms with Crippen LogP contribution >= 0.6 is 0 Å². The average molecular weight is 850 g/mol. The Labute approximate surface area is 389 Å². The zero-order valence-corrected chi connectivity index (χ0v) is 39.1. The van der Waals surface area contributed by atoms with Crippen LogP contribution in [0.2, 0.25) is 0 Å². The Hall–Kier alpha value is -7.36. The van der Waals surface area contributed by atoms with Gasteiger partial charge in [-0.05, 0) is 139 Å². The molecule has 318 valence electrons. The number of nitrogens with zero attached hydrogens (tertiary/aromatic N) is 1. The predicted octanol–water partition coefficient (Wildman–Crippen LogP) is 15.1. The SMILES string of the molecule is Cc1cc(C)c(B(c2c(C)cc(C)cc2C)c2cc3c4cccc5c4c(cc3c3ccccc23)-c2ccc(N(c3ccccc3)c3cccc4c3C(C)(C)c3ccccc3-4)cc2O5)c(C)c1. The van der Waals surface area contributed by atoms with Gasteiger partial charge in [0.1, 0.15) is 11.5 Å². The molecule has 0 N–H and O–H groups in total. The summed E-state index contributed by atoms with van der Waals surface area (Å²) in [6, 6.07) is 63.5. The molecule has 1 aliphatic carbocycles. The van der Waals surface area contributed by atoms with Gasteiger partial charge in [-0.15, -0.1) is 0 Å². The number of benzene rings is 10. The average Bonchev–Trinajstić information content (AvgIpc) is 3.54. The first-order chi connectivity index (χ1) is 32.0. The molecule has 10 aromatic carbocycles. The number of fused-ring (bicyclic) bond motifs is 9. The van der Waals surface area contributed by atoms with E-state index in [4.69, 9.17) is 4.74 Å². The third kappa shape index (κ3) is 5.95. The molecule has 0 saturated carbocycles. The molecule has 0 amide bonds. The van der Waals surface area contributed by atoms with Crippen molar-refractivity contribution in [3.63, 3.8) is 0 Å². The van der Waals surface area contributed by atoms with Crippen molar-refractivity contribution in [2.24, 2.45) is 0 Å². The molecule has 2 nitrogen and oxygen atoms in total. The number of hydrogen-bond donors (Lipinski definition) is 0. The summed E-state index contributed by atoms with van der Waals surface area (Å²) in [5.41, 5.74) is 22.8. The second-order valence-electron chi connectivity index (χ2n) is 19.6. The minimum absolute atomic E-state index is 0.0415. The Bertz CT molecular complexity index is 3570. The van der Waals surface area contributed by atoms with Crippen molar-refractivity contribution in [2.75, 3.05) is 4.90 Å². The molecule has 0 spiro atoms. The molecular weight excluding hydrogens is 798 g/mol. The van der Waals surface area contributed by atoms with Gasteiger partial charge in [0.05, 0.1) is 5.69 Å². The molecule has 12 rings (SSSR count). The summed E-state index contributed by atoms with van der Waals surface area (Å²) in [6.07, 6.45) is 0. The van der Waals surface area contributed by atoms with Gasteiger partial charge in [-0.1, -0.05) is 185 Å². The van der Waals surface area contributed by atoms with Crippen LogP contribution in [0.3, 0.4) is 0 Å². The number of hydrogen-bond acceptors (Lipinski definition) is 2. The second-order valence-corrected chi connectivity index (χ2v) is 19.6. The zero-order valence-electron chi connectivity index (χ0n) is 39.1. The molecule has 66 heavy (non-hydrogen) atoms. The molecule has 0 fully saturated rings. The monoisotopic (exact) mass is 849 g/mol. The van der Waals surface area contributed by atoms with Crippen molar-refractivity contribution in [3.05, 3.63) is 214 Å². The van der Waals surface area contributed by atoms with Gasteiger partial charge in [-0.2, -0.15) is 0 Å². The van der Waals surface area contributed by atoms with Gasteiger partial charge < -0.3 is 9.64 Å². The smallest absolute Gasteiger partial charge is 0.243 e. The van der Waals surface area contributed by atoms with E-state index < -0.39 is 0 Å². The van der Waals surface area contributed by atoms with Crippen LogP contribution < -0.4 is 26.0 Å². The van der Waals surface area contributed by atoms with Crippen molar-refractivity contribution in [2.45, 2.75) is 60.8 Å². The highest BCUT2D eigenvalue weighted by atomic mass is 16.5. The van der Waals surface area contributed by atoms with Crippen LogP contribution in [0.1, 0.15) is 58.4 Å². The number of ether oxygens (including phenoxy) is 1. The van der Waals surface area contributed by atoms with Gasteiger partial charge in [0.25, 0.3) is 0 Å². The Kier molecular flexibility index (Phi) is 9.03. The van der Waals surface area contributed by atoms with Gasteiger partial charge in [0, 0.05) is 33.8 Å². The Morgan fingerprint density at radius 2 is 1.02 bits per heavy atom.